The first-order valence-electron chi connectivity index (χ1n) is 37.1. The predicted molar refractivity (Wildman–Crippen MR) is 382 cm³/mol. The van der Waals surface area contributed by atoms with Crippen molar-refractivity contribution < 1.29 is 9.47 Å². The minimum Gasteiger partial charge on any atom is -0.0654 e. The molecule has 0 aliphatic carbocycles. The zero-order chi connectivity index (χ0) is 61.5. The predicted octanol–water partition coefficient (Wildman–Crippen LogP) is 23.0. The van der Waals surface area contributed by atoms with Gasteiger partial charge in [-0.05, 0) is 0 Å². The molecule has 5 aromatic heterocycles. The van der Waals surface area contributed by atoms with Crippen LogP contribution in [0.2, 0.25) is 0 Å². The Balaban J connectivity index is 1.23. The third-order valence-corrected chi connectivity index (χ3v) is 26.9. The fraction of sp³-hybridized carbons (Fsp3) is 0.744. The van der Waals surface area contributed by atoms with Gasteiger partial charge in [-0.25, -0.2) is 0 Å². The second kappa shape index (κ2) is 45.1. The molecule has 0 radical (unpaired) electrons. The summed E-state index contributed by atoms with van der Waals surface area (Å²) in [5.74, 6) is 3.41. The van der Waals surface area contributed by atoms with Crippen molar-refractivity contribution in [2.45, 2.75) is 350 Å². The molecule has 1 aliphatic heterocycles. The maximum atomic E-state index is 15.6. The number of rotatable bonds is 53. The molecule has 6 heterocycles. The molecule has 0 aromatic carbocycles. The van der Waals surface area contributed by atoms with E-state index in [1.165, 1.54) is 287 Å². The first kappa shape index (κ1) is 73.8. The van der Waals surface area contributed by atoms with Gasteiger partial charge in [0, 0.05) is 0 Å². The molecule has 0 spiro atoms. The van der Waals surface area contributed by atoms with Gasteiger partial charge in [-0.3, -0.25) is 0 Å². The van der Waals surface area contributed by atoms with Crippen molar-refractivity contribution in [2.24, 2.45) is 11.8 Å². The summed E-state index contributed by atoms with van der Waals surface area (Å²) in [6.07, 6.45) is 61.9. The van der Waals surface area contributed by atoms with Crippen molar-refractivity contribution in [1.29, 1.82) is 0 Å². The van der Waals surface area contributed by atoms with Gasteiger partial charge in [0.05, 0.1) is 0 Å². The average molecular weight is 1390 g/mol. The van der Waals surface area contributed by atoms with Gasteiger partial charge in [0.25, 0.3) is 0 Å². The van der Waals surface area contributed by atoms with Crippen LogP contribution in [0.15, 0.2) is 46.0 Å². The minimum absolute atomic E-state index is 0.0770. The van der Waals surface area contributed by atoms with Crippen LogP contribution in [-0.4, -0.2) is 65.9 Å². The van der Waals surface area contributed by atoms with Crippen molar-refractivity contribution >= 4 is 54.5 Å². The van der Waals surface area contributed by atoms with Crippen LogP contribution in [0.1, 0.15) is 332 Å². The van der Waals surface area contributed by atoms with E-state index >= 15 is 9.59 Å². The number of pyridine rings is 2. The summed E-state index contributed by atoms with van der Waals surface area (Å²) in [7, 11) is 0. The van der Waals surface area contributed by atoms with Crippen molar-refractivity contribution in [3.8, 4) is 40.4 Å². The third kappa shape index (κ3) is 26.7. The maximum absolute atomic E-state index is 15.6. The van der Waals surface area contributed by atoms with Gasteiger partial charge in [0.2, 0.25) is 0 Å². The molecule has 5 aromatic rings. The van der Waals surface area contributed by atoms with Crippen LogP contribution < -0.4 is 20.6 Å². The molecule has 0 saturated carbocycles. The molecular weight excluding hydrogens is 1270 g/mol. The molecule has 6 nitrogen and oxygen atoms in total. The van der Waals surface area contributed by atoms with Crippen LogP contribution >= 0.6 is 0 Å². The molecule has 9 heteroatoms. The molecule has 6 rings (SSSR count). The molecule has 0 saturated heterocycles. The van der Waals surface area contributed by atoms with Crippen LogP contribution in [0.5, 0.6) is 11.5 Å². The average Bonchev–Trinajstić information content (AvgIpc) is 2.08. The van der Waals surface area contributed by atoms with Gasteiger partial charge in [-0.15, -0.1) is 0 Å². The summed E-state index contributed by atoms with van der Waals surface area (Å²) < 4.78 is 24.2. The molecular formula is C78H126N2O4Se3. The fourth-order valence-electron chi connectivity index (χ4n) is 14.0. The number of aryl methyl sites for hydroxylation is 4. The summed E-state index contributed by atoms with van der Waals surface area (Å²) in [5.41, 5.74) is 3.73. The molecule has 0 amide bonds. The Kier molecular flexibility index (Phi) is 38.3. The number of fused-ring (bicyclic) bond motifs is 2. The van der Waals surface area contributed by atoms with E-state index in [0.29, 0.717) is 26.3 Å². The van der Waals surface area contributed by atoms with Gasteiger partial charge < -0.3 is 0 Å². The van der Waals surface area contributed by atoms with Crippen LogP contribution in [0, 0.1) is 25.7 Å². The second-order valence-corrected chi connectivity index (χ2v) is 34.5. The molecule has 0 fully saturated rings. The van der Waals surface area contributed by atoms with Crippen molar-refractivity contribution in [1.82, 2.24) is 9.13 Å². The summed E-state index contributed by atoms with van der Waals surface area (Å²) in [6, 6.07) is 13.2. The zero-order valence-corrected chi connectivity index (χ0v) is 61.9. The normalized spacial score (nSPS) is 13.2. The Morgan fingerprint density at radius 1 is 0.368 bits per heavy atom. The number of aromatic nitrogens is 2. The number of unbranched alkanes of at least 4 members (excludes halogenated alkanes) is 34. The van der Waals surface area contributed by atoms with Gasteiger partial charge in [-0.1, -0.05) is 207 Å². The van der Waals surface area contributed by atoms with Gasteiger partial charge >= 0.3 is 347 Å². The van der Waals surface area contributed by atoms with Crippen LogP contribution in [0.25, 0.3) is 39.9 Å². The van der Waals surface area contributed by atoms with E-state index in [4.69, 9.17) is 9.47 Å². The molecule has 87 heavy (non-hydrogen) atoms. The van der Waals surface area contributed by atoms with E-state index in [1.807, 2.05) is 0 Å². The van der Waals surface area contributed by atoms with Crippen molar-refractivity contribution in [3.05, 3.63) is 66.0 Å². The van der Waals surface area contributed by atoms with Crippen LogP contribution in [-0.2, 0) is 13.1 Å². The number of ether oxygens (including phenoxy) is 2. The van der Waals surface area contributed by atoms with Crippen LogP contribution in [0.3, 0.4) is 0 Å². The monoisotopic (exact) mass is 1390 g/mol. The van der Waals surface area contributed by atoms with Crippen molar-refractivity contribution in [2.75, 3.05) is 13.2 Å². The van der Waals surface area contributed by atoms with E-state index in [-0.39, 0.29) is 54.6 Å². The third-order valence-electron chi connectivity index (χ3n) is 19.4. The van der Waals surface area contributed by atoms with E-state index in [1.54, 1.807) is 0 Å². The zero-order valence-electron chi connectivity index (χ0n) is 56.7. The standard InChI is InChI=1S/C78H126N2O4Se3/c1-7-11-15-19-23-27-29-33-37-41-49-65(47-39-35-31-25-21-17-13-9-3)51-43-45-57-79-70-62-68(72-55-56-73(87-72)76-75-74(64(6)86-76)83-59-60-84-75)78(82)80(69(70)61-67(77(79)81)71-54-53-63(5)85-71)58-46-44-52-66(48-40-36-32-26-22-18-14-10-4)50-42-38-34-30-28-24-20-16-12-8-2/h53-56,61-62,65-66H,7-52,57-60H2,1-6H3. The Morgan fingerprint density at radius 2 is 0.678 bits per heavy atom. The molecule has 490 valence electrons. The smallest absolute Gasteiger partial charge is 0.0654 e. The first-order valence-corrected chi connectivity index (χ1v) is 42.3. The van der Waals surface area contributed by atoms with Gasteiger partial charge in [0.1, 0.15) is 0 Å². The van der Waals surface area contributed by atoms with E-state index in [0.717, 1.165) is 80.1 Å². The van der Waals surface area contributed by atoms with E-state index < -0.39 is 0 Å². The molecule has 2 atom stereocenters. The minimum atomic E-state index is -0.0770. The second-order valence-electron chi connectivity index (χ2n) is 26.9. The Hall–Kier alpha value is -2.24. The summed E-state index contributed by atoms with van der Waals surface area (Å²) in [6.45, 7) is 16.2. The molecule has 0 N–H and O–H groups in total. The molecule has 1 aliphatic rings. The quantitative estimate of drug-likeness (QED) is 0.0287. The SMILES string of the molecule is CCCCCCCCCCCCC(CCCCCCCCCC)CCCCn1c(=O)c(-c2ccc(C)[se]2)cc2c1cc(-c1ccc(-c3[se]c(C)c4c3OCCO4)[se]1)c(=O)n2CCCCC(CCCCCCCCCC)CCCCCCCCCCCC. The fourth-order valence-corrected chi connectivity index (χ4v) is 20.7. The summed E-state index contributed by atoms with van der Waals surface area (Å²) in [5, 5.41) is 0. The molecule has 2 unspecified atom stereocenters. The van der Waals surface area contributed by atoms with E-state index in [9.17, 15) is 0 Å². The topological polar surface area (TPSA) is 62.5 Å². The Morgan fingerprint density at radius 3 is 1.03 bits per heavy atom. The number of hydrogen-bond donors (Lipinski definition) is 0. The van der Waals surface area contributed by atoms with Gasteiger partial charge in [0.15, 0.2) is 0 Å². The van der Waals surface area contributed by atoms with E-state index in [2.05, 4.69) is 87.1 Å². The van der Waals surface area contributed by atoms with Gasteiger partial charge in [-0.2, -0.15) is 0 Å². The number of nitrogens with zero attached hydrogens (tertiary/aromatic N) is 2. The number of hydrogen-bond acceptors (Lipinski definition) is 4. The summed E-state index contributed by atoms with van der Waals surface area (Å²) >= 11 is 0.157. The molecule has 0 bridgehead atoms. The Bertz CT molecular complexity index is 2700. The summed E-state index contributed by atoms with van der Waals surface area (Å²) in [4.78, 5) is 30.9. The Labute approximate surface area is 550 Å². The first-order chi connectivity index (χ1) is 42.8. The van der Waals surface area contributed by atoms with Crippen LogP contribution in [0.4, 0.5) is 0 Å². The van der Waals surface area contributed by atoms with Crippen molar-refractivity contribution in [3.63, 3.8) is 0 Å².